The molecule has 128 valence electrons. The molecule has 1 atom stereocenters. The van der Waals surface area contributed by atoms with Crippen molar-refractivity contribution in [3.63, 3.8) is 0 Å². The van der Waals surface area contributed by atoms with Gasteiger partial charge in [0.1, 0.15) is 11.6 Å². The number of benzene rings is 1. The van der Waals surface area contributed by atoms with Gasteiger partial charge < -0.3 is 10.6 Å². The summed E-state index contributed by atoms with van der Waals surface area (Å²) < 4.78 is 13.8. The van der Waals surface area contributed by atoms with E-state index in [-0.39, 0.29) is 12.5 Å². The number of aryl methyl sites for hydroxylation is 1. The molecular formula is C16H18ClFN4OS. The summed E-state index contributed by atoms with van der Waals surface area (Å²) >= 11 is 7.21. The standard InChI is InChI=1S/C16H18ClFN4OS/c1-9-7-14(19)21-16(20-9)24-10(2)15(23)22(3)8-11-12(17)5-4-6-13(11)18/h4-7,10H,8H2,1-3H3,(H2,19,20,21)/t10-/m1/s1. The van der Waals surface area contributed by atoms with Crippen molar-refractivity contribution in [1.29, 1.82) is 0 Å². The lowest BCUT2D eigenvalue weighted by Crippen LogP contribution is -2.33. The Bertz CT molecular complexity index is 718. The van der Waals surface area contributed by atoms with Crippen LogP contribution in [0.1, 0.15) is 18.2 Å². The number of thioether (sulfide) groups is 1. The van der Waals surface area contributed by atoms with Crippen LogP contribution in [-0.4, -0.2) is 33.1 Å². The molecule has 0 fully saturated rings. The number of nitrogen functional groups attached to an aromatic ring is 1. The van der Waals surface area contributed by atoms with Crippen LogP contribution in [-0.2, 0) is 11.3 Å². The zero-order valence-electron chi connectivity index (χ0n) is 13.6. The molecule has 2 N–H and O–H groups in total. The first-order valence-electron chi connectivity index (χ1n) is 7.23. The number of rotatable bonds is 5. The number of halogens is 2. The summed E-state index contributed by atoms with van der Waals surface area (Å²) in [5.74, 6) is -0.253. The third kappa shape index (κ3) is 4.58. The summed E-state index contributed by atoms with van der Waals surface area (Å²) in [6.45, 7) is 3.64. The molecule has 0 unspecified atom stereocenters. The smallest absolute Gasteiger partial charge is 0.235 e. The number of carbonyl (C=O) groups excluding carboxylic acids is 1. The van der Waals surface area contributed by atoms with Gasteiger partial charge in [0.15, 0.2) is 5.16 Å². The van der Waals surface area contributed by atoms with Gasteiger partial charge in [-0.05, 0) is 26.0 Å². The molecule has 1 amide bonds. The maximum Gasteiger partial charge on any atom is 0.235 e. The minimum Gasteiger partial charge on any atom is -0.384 e. The number of aromatic nitrogens is 2. The van der Waals surface area contributed by atoms with E-state index in [2.05, 4.69) is 9.97 Å². The molecule has 2 aromatic rings. The Morgan fingerprint density at radius 2 is 2.17 bits per heavy atom. The van der Waals surface area contributed by atoms with Crippen molar-refractivity contribution in [3.8, 4) is 0 Å². The van der Waals surface area contributed by atoms with E-state index in [0.717, 1.165) is 5.69 Å². The Morgan fingerprint density at radius 1 is 1.46 bits per heavy atom. The van der Waals surface area contributed by atoms with Crippen LogP contribution in [0.4, 0.5) is 10.2 Å². The summed E-state index contributed by atoms with van der Waals surface area (Å²) in [6, 6.07) is 6.10. The van der Waals surface area contributed by atoms with Gasteiger partial charge >= 0.3 is 0 Å². The molecule has 24 heavy (non-hydrogen) atoms. The first kappa shape index (κ1) is 18.5. The van der Waals surface area contributed by atoms with Crippen LogP contribution >= 0.6 is 23.4 Å². The van der Waals surface area contributed by atoms with E-state index in [1.807, 2.05) is 0 Å². The van der Waals surface area contributed by atoms with Crippen molar-refractivity contribution >= 4 is 35.1 Å². The van der Waals surface area contributed by atoms with Crippen LogP contribution in [0, 0.1) is 12.7 Å². The predicted octanol–water partition coefficient (Wildman–Crippen LogP) is 3.30. The van der Waals surface area contributed by atoms with Gasteiger partial charge in [0.05, 0.1) is 5.25 Å². The van der Waals surface area contributed by atoms with Crippen molar-refractivity contribution in [1.82, 2.24) is 14.9 Å². The van der Waals surface area contributed by atoms with E-state index in [4.69, 9.17) is 17.3 Å². The van der Waals surface area contributed by atoms with Crippen molar-refractivity contribution in [2.45, 2.75) is 30.8 Å². The van der Waals surface area contributed by atoms with Crippen LogP contribution in [0.15, 0.2) is 29.4 Å². The summed E-state index contributed by atoms with van der Waals surface area (Å²) in [6.07, 6.45) is 0. The second-order valence-corrected chi connectivity index (χ2v) is 7.09. The molecule has 8 heteroatoms. The fraction of sp³-hybridized carbons (Fsp3) is 0.312. The molecule has 1 aromatic carbocycles. The topological polar surface area (TPSA) is 72.1 Å². The minimum atomic E-state index is -0.443. The lowest BCUT2D eigenvalue weighted by atomic mass is 10.2. The quantitative estimate of drug-likeness (QED) is 0.647. The monoisotopic (exact) mass is 368 g/mol. The fourth-order valence-corrected chi connectivity index (χ4v) is 3.31. The lowest BCUT2D eigenvalue weighted by molar-refractivity contribution is -0.129. The van der Waals surface area contributed by atoms with Crippen molar-refractivity contribution < 1.29 is 9.18 Å². The van der Waals surface area contributed by atoms with Crippen molar-refractivity contribution in [2.24, 2.45) is 0 Å². The first-order valence-corrected chi connectivity index (χ1v) is 8.49. The highest BCUT2D eigenvalue weighted by Gasteiger charge is 2.22. The molecule has 0 aliphatic carbocycles. The van der Waals surface area contributed by atoms with Gasteiger partial charge in [-0.3, -0.25) is 4.79 Å². The van der Waals surface area contributed by atoms with Gasteiger partial charge in [-0.15, -0.1) is 0 Å². The highest BCUT2D eigenvalue weighted by atomic mass is 35.5. The van der Waals surface area contributed by atoms with Crippen LogP contribution in [0.3, 0.4) is 0 Å². The SMILES string of the molecule is Cc1cc(N)nc(S[C@H](C)C(=O)N(C)Cc2c(F)cccc2Cl)n1. The minimum absolute atomic E-state index is 0.0893. The largest absolute Gasteiger partial charge is 0.384 e. The normalized spacial score (nSPS) is 12.0. The van der Waals surface area contributed by atoms with Crippen molar-refractivity contribution in [3.05, 3.63) is 46.4 Å². The number of anilines is 1. The third-order valence-corrected chi connectivity index (χ3v) is 4.62. The molecule has 0 saturated carbocycles. The highest BCUT2D eigenvalue weighted by Crippen LogP contribution is 2.24. The van der Waals surface area contributed by atoms with Crippen LogP contribution in [0.2, 0.25) is 5.02 Å². The van der Waals surface area contributed by atoms with Gasteiger partial charge in [-0.25, -0.2) is 14.4 Å². The molecule has 0 saturated heterocycles. The number of nitrogens with two attached hydrogens (primary N) is 1. The molecule has 0 aliphatic heterocycles. The summed E-state index contributed by atoms with van der Waals surface area (Å²) in [5, 5.41) is 0.289. The van der Waals surface area contributed by atoms with Crippen LogP contribution in [0.5, 0.6) is 0 Å². The second kappa shape index (κ2) is 7.81. The molecular weight excluding hydrogens is 351 g/mol. The zero-order valence-corrected chi connectivity index (χ0v) is 15.2. The first-order chi connectivity index (χ1) is 11.3. The van der Waals surface area contributed by atoms with E-state index < -0.39 is 11.1 Å². The van der Waals surface area contributed by atoms with E-state index in [1.54, 1.807) is 33.0 Å². The molecule has 0 aliphatic rings. The highest BCUT2D eigenvalue weighted by molar-refractivity contribution is 8.00. The Kier molecular flexibility index (Phi) is 6.01. The second-order valence-electron chi connectivity index (χ2n) is 5.37. The maximum absolute atomic E-state index is 13.8. The van der Waals surface area contributed by atoms with E-state index in [0.29, 0.717) is 21.6 Å². The number of hydrogen-bond acceptors (Lipinski definition) is 5. The maximum atomic E-state index is 13.8. The number of carbonyl (C=O) groups is 1. The van der Waals surface area contributed by atoms with Crippen LogP contribution in [0.25, 0.3) is 0 Å². The fourth-order valence-electron chi connectivity index (χ4n) is 2.13. The molecule has 0 spiro atoms. The summed E-state index contributed by atoms with van der Waals surface area (Å²) in [4.78, 5) is 22.3. The molecule has 5 nitrogen and oxygen atoms in total. The number of hydrogen-bond donors (Lipinski definition) is 1. The van der Waals surface area contributed by atoms with Gasteiger partial charge in [0.25, 0.3) is 0 Å². The predicted molar refractivity (Wildman–Crippen MR) is 94.4 cm³/mol. The summed E-state index contributed by atoms with van der Waals surface area (Å²) in [5.41, 5.74) is 6.72. The summed E-state index contributed by atoms with van der Waals surface area (Å²) in [7, 11) is 1.60. The van der Waals surface area contributed by atoms with E-state index in [1.165, 1.54) is 28.8 Å². The van der Waals surface area contributed by atoms with Gasteiger partial charge in [-0.1, -0.05) is 29.4 Å². The average molecular weight is 369 g/mol. The van der Waals surface area contributed by atoms with Gasteiger partial charge in [0.2, 0.25) is 5.91 Å². The number of nitrogens with zero attached hydrogens (tertiary/aromatic N) is 3. The molecule has 1 heterocycles. The molecule has 2 rings (SSSR count). The lowest BCUT2D eigenvalue weighted by Gasteiger charge is -2.21. The Hall–Kier alpha value is -1.86. The third-order valence-electron chi connectivity index (χ3n) is 3.32. The molecule has 0 bridgehead atoms. The Labute approximate surface area is 149 Å². The zero-order chi connectivity index (χ0) is 17.9. The van der Waals surface area contributed by atoms with E-state index >= 15 is 0 Å². The van der Waals surface area contributed by atoms with E-state index in [9.17, 15) is 9.18 Å². The molecule has 1 aromatic heterocycles. The van der Waals surface area contributed by atoms with Crippen LogP contribution < -0.4 is 5.73 Å². The Balaban J connectivity index is 2.07. The van der Waals surface area contributed by atoms with Gasteiger partial charge in [0, 0.05) is 35.9 Å². The number of amides is 1. The van der Waals surface area contributed by atoms with Gasteiger partial charge in [-0.2, -0.15) is 0 Å². The average Bonchev–Trinajstić information content (AvgIpc) is 2.49. The van der Waals surface area contributed by atoms with Crippen molar-refractivity contribution in [2.75, 3.05) is 12.8 Å². The Morgan fingerprint density at radius 3 is 2.79 bits per heavy atom. The molecule has 0 radical (unpaired) electrons.